The Morgan fingerprint density at radius 2 is 1.97 bits per heavy atom. The molecule has 2 heterocycles. The first-order valence-corrected chi connectivity index (χ1v) is 10.1. The van der Waals surface area contributed by atoms with E-state index in [1.165, 1.54) is 11.1 Å². The van der Waals surface area contributed by atoms with Crippen molar-refractivity contribution in [2.24, 2.45) is 18.0 Å². The third-order valence-electron chi connectivity index (χ3n) is 5.02. The van der Waals surface area contributed by atoms with Crippen molar-refractivity contribution in [3.8, 4) is 0 Å². The smallest absolute Gasteiger partial charge is 0.223 e. The molecular formula is C22H32IN5O. The van der Waals surface area contributed by atoms with Gasteiger partial charge in [-0.1, -0.05) is 30.3 Å². The second-order valence-electron chi connectivity index (χ2n) is 7.41. The SMILES string of the molecule is CCNC(=NCc1ccn(C)c1)NCC1CC(=O)N(CCc2ccccc2)C1.I. The van der Waals surface area contributed by atoms with Crippen LogP contribution in [0.15, 0.2) is 53.8 Å². The number of guanidine groups is 1. The van der Waals surface area contributed by atoms with Gasteiger partial charge in [-0.25, -0.2) is 4.99 Å². The predicted octanol–water partition coefficient (Wildman–Crippen LogP) is 2.79. The number of nitrogens with one attached hydrogen (secondary N) is 2. The lowest BCUT2D eigenvalue weighted by Gasteiger charge is -2.18. The standard InChI is InChI=1S/C22H31N5O.HI/c1-3-23-22(24-14-19-9-11-26(2)16-19)25-15-20-13-21(28)27(17-20)12-10-18-7-5-4-6-8-18;/h4-9,11,16,20H,3,10,12-15,17H2,1-2H3,(H2,23,24,25);1H. The average molecular weight is 509 g/mol. The Hall–Kier alpha value is -2.03. The number of aryl methyl sites for hydroxylation is 1. The number of likely N-dealkylation sites (tertiary alicyclic amines) is 1. The maximum Gasteiger partial charge on any atom is 0.223 e. The van der Waals surface area contributed by atoms with Crippen LogP contribution < -0.4 is 10.6 Å². The van der Waals surface area contributed by atoms with Gasteiger partial charge in [0, 0.05) is 58.0 Å². The highest BCUT2D eigenvalue weighted by Crippen LogP contribution is 2.17. The van der Waals surface area contributed by atoms with Crippen molar-refractivity contribution in [1.82, 2.24) is 20.1 Å². The van der Waals surface area contributed by atoms with Gasteiger partial charge in [0.15, 0.2) is 5.96 Å². The summed E-state index contributed by atoms with van der Waals surface area (Å²) in [5.41, 5.74) is 2.46. The molecule has 2 aromatic rings. The lowest BCUT2D eigenvalue weighted by molar-refractivity contribution is -0.127. The van der Waals surface area contributed by atoms with Gasteiger partial charge in [0.25, 0.3) is 0 Å². The molecular weight excluding hydrogens is 477 g/mol. The van der Waals surface area contributed by atoms with Crippen LogP contribution in [0.25, 0.3) is 0 Å². The first kappa shape index (κ1) is 23.3. The molecule has 0 radical (unpaired) electrons. The van der Waals surface area contributed by atoms with Gasteiger partial charge in [-0.2, -0.15) is 0 Å². The Morgan fingerprint density at radius 1 is 1.17 bits per heavy atom. The molecule has 3 rings (SSSR count). The minimum absolute atomic E-state index is 0. The first-order chi connectivity index (χ1) is 13.6. The Morgan fingerprint density at radius 3 is 2.66 bits per heavy atom. The van der Waals surface area contributed by atoms with E-state index in [4.69, 9.17) is 0 Å². The molecule has 1 aromatic carbocycles. The number of aliphatic imine (C=N–C) groups is 1. The van der Waals surface area contributed by atoms with E-state index in [9.17, 15) is 4.79 Å². The largest absolute Gasteiger partial charge is 0.357 e. The number of carbonyl (C=O) groups is 1. The molecule has 0 aliphatic carbocycles. The van der Waals surface area contributed by atoms with Gasteiger partial charge < -0.3 is 20.1 Å². The van der Waals surface area contributed by atoms with Crippen LogP contribution in [0.4, 0.5) is 0 Å². The average Bonchev–Trinajstić information content (AvgIpc) is 3.28. The summed E-state index contributed by atoms with van der Waals surface area (Å²) < 4.78 is 2.03. The van der Waals surface area contributed by atoms with Crippen molar-refractivity contribution >= 4 is 35.8 Å². The summed E-state index contributed by atoms with van der Waals surface area (Å²) in [6.45, 7) is 5.88. The first-order valence-electron chi connectivity index (χ1n) is 10.1. The van der Waals surface area contributed by atoms with Gasteiger partial charge in [-0.05, 0) is 30.5 Å². The molecule has 7 heteroatoms. The minimum atomic E-state index is 0. The number of aromatic nitrogens is 1. The normalized spacial score (nSPS) is 16.6. The van der Waals surface area contributed by atoms with Crippen LogP contribution in [0.5, 0.6) is 0 Å². The molecule has 1 saturated heterocycles. The molecule has 1 atom stereocenters. The molecule has 0 saturated carbocycles. The molecule has 1 aliphatic rings. The summed E-state index contributed by atoms with van der Waals surface area (Å²) >= 11 is 0. The van der Waals surface area contributed by atoms with Gasteiger partial charge in [-0.15, -0.1) is 24.0 Å². The van der Waals surface area contributed by atoms with Crippen LogP contribution in [0.3, 0.4) is 0 Å². The van der Waals surface area contributed by atoms with Crippen molar-refractivity contribution in [1.29, 1.82) is 0 Å². The Bertz CT molecular complexity index is 790. The van der Waals surface area contributed by atoms with E-state index in [-0.39, 0.29) is 29.9 Å². The number of hydrogen-bond acceptors (Lipinski definition) is 2. The summed E-state index contributed by atoms with van der Waals surface area (Å²) in [7, 11) is 2.01. The number of rotatable bonds is 8. The predicted molar refractivity (Wildman–Crippen MR) is 128 cm³/mol. The molecule has 158 valence electrons. The molecule has 1 amide bonds. The summed E-state index contributed by atoms with van der Waals surface area (Å²) in [6.07, 6.45) is 5.63. The number of benzene rings is 1. The lowest BCUT2D eigenvalue weighted by Crippen LogP contribution is -2.40. The van der Waals surface area contributed by atoms with Gasteiger partial charge in [0.2, 0.25) is 5.91 Å². The molecule has 1 aliphatic heterocycles. The maximum atomic E-state index is 12.3. The van der Waals surface area contributed by atoms with Gasteiger partial charge in [0.1, 0.15) is 0 Å². The van der Waals surface area contributed by atoms with Gasteiger partial charge in [-0.3, -0.25) is 4.79 Å². The van der Waals surface area contributed by atoms with Crippen LogP contribution in [0, 0.1) is 5.92 Å². The van der Waals surface area contributed by atoms with Crippen LogP contribution in [-0.2, 0) is 24.8 Å². The molecule has 0 bridgehead atoms. The molecule has 6 nitrogen and oxygen atoms in total. The summed E-state index contributed by atoms with van der Waals surface area (Å²) in [5.74, 6) is 1.39. The van der Waals surface area contributed by atoms with Crippen LogP contribution in [-0.4, -0.2) is 47.5 Å². The molecule has 1 unspecified atom stereocenters. The quantitative estimate of drug-likeness (QED) is 0.327. The van der Waals surface area contributed by atoms with E-state index in [2.05, 4.69) is 46.9 Å². The zero-order valence-electron chi connectivity index (χ0n) is 17.3. The van der Waals surface area contributed by atoms with Gasteiger partial charge in [0.05, 0.1) is 6.54 Å². The third kappa shape index (κ3) is 7.38. The highest BCUT2D eigenvalue weighted by molar-refractivity contribution is 14.0. The summed E-state index contributed by atoms with van der Waals surface area (Å²) in [4.78, 5) is 19.0. The molecule has 1 fully saturated rings. The van der Waals surface area contributed by atoms with E-state index in [0.717, 1.165) is 38.6 Å². The minimum Gasteiger partial charge on any atom is -0.357 e. The summed E-state index contributed by atoms with van der Waals surface area (Å²) in [5, 5.41) is 6.69. The van der Waals surface area contributed by atoms with E-state index >= 15 is 0 Å². The Labute approximate surface area is 190 Å². The number of amides is 1. The second kappa shape index (κ2) is 11.8. The molecule has 0 spiro atoms. The third-order valence-corrected chi connectivity index (χ3v) is 5.02. The van der Waals surface area contributed by atoms with E-state index in [0.29, 0.717) is 18.9 Å². The highest BCUT2D eigenvalue weighted by atomic mass is 127. The fourth-order valence-electron chi connectivity index (χ4n) is 3.52. The zero-order valence-corrected chi connectivity index (χ0v) is 19.6. The summed E-state index contributed by atoms with van der Waals surface area (Å²) in [6, 6.07) is 12.4. The molecule has 29 heavy (non-hydrogen) atoms. The highest BCUT2D eigenvalue weighted by Gasteiger charge is 2.29. The van der Waals surface area contributed by atoms with Gasteiger partial charge >= 0.3 is 0 Å². The van der Waals surface area contributed by atoms with Crippen LogP contribution >= 0.6 is 24.0 Å². The molecule has 1 aromatic heterocycles. The van der Waals surface area contributed by atoms with Crippen molar-refractivity contribution < 1.29 is 4.79 Å². The van der Waals surface area contributed by atoms with Crippen molar-refractivity contribution in [2.45, 2.75) is 26.3 Å². The van der Waals surface area contributed by atoms with E-state index in [1.54, 1.807) is 0 Å². The number of carbonyl (C=O) groups excluding carboxylic acids is 1. The second-order valence-corrected chi connectivity index (χ2v) is 7.41. The fraction of sp³-hybridized carbons (Fsp3) is 0.455. The number of halogens is 1. The zero-order chi connectivity index (χ0) is 19.8. The fourth-order valence-corrected chi connectivity index (χ4v) is 3.52. The monoisotopic (exact) mass is 509 g/mol. The van der Waals surface area contributed by atoms with Crippen molar-refractivity contribution in [3.63, 3.8) is 0 Å². The van der Waals surface area contributed by atoms with E-state index < -0.39 is 0 Å². The topological polar surface area (TPSA) is 61.7 Å². The van der Waals surface area contributed by atoms with Crippen molar-refractivity contribution in [2.75, 3.05) is 26.2 Å². The number of hydrogen-bond donors (Lipinski definition) is 2. The van der Waals surface area contributed by atoms with Crippen LogP contribution in [0.1, 0.15) is 24.5 Å². The number of nitrogens with zero attached hydrogens (tertiary/aromatic N) is 3. The lowest BCUT2D eigenvalue weighted by atomic mass is 10.1. The van der Waals surface area contributed by atoms with Crippen LogP contribution in [0.2, 0.25) is 0 Å². The maximum absolute atomic E-state index is 12.3. The Balaban J connectivity index is 0.00000300. The Kier molecular flexibility index (Phi) is 9.50. The van der Waals surface area contributed by atoms with E-state index in [1.807, 2.05) is 40.9 Å². The van der Waals surface area contributed by atoms with Crippen molar-refractivity contribution in [3.05, 3.63) is 59.9 Å². The molecule has 2 N–H and O–H groups in total.